The van der Waals surface area contributed by atoms with Crippen LogP contribution in [-0.4, -0.2) is 42.4 Å². The number of hydrogen-bond donors (Lipinski definition) is 1. The van der Waals surface area contributed by atoms with Gasteiger partial charge in [0.15, 0.2) is 0 Å². The molecule has 1 amide bonds. The highest BCUT2D eigenvalue weighted by atomic mass is 32.2. The van der Waals surface area contributed by atoms with Crippen LogP contribution in [-0.2, 0) is 4.79 Å². The third-order valence-corrected chi connectivity index (χ3v) is 2.44. The van der Waals surface area contributed by atoms with Crippen molar-refractivity contribution in [2.45, 2.75) is 19.4 Å². The highest BCUT2D eigenvalue weighted by Crippen LogP contribution is 2.00. The smallest absolute Gasteiger partial charge is 0.239 e. The minimum absolute atomic E-state index is 0.0477. The normalized spacial score (nSPS) is 12.7. The Kier molecular flexibility index (Phi) is 6.20. The Morgan fingerprint density at radius 3 is 2.67 bits per heavy atom. The van der Waals surface area contributed by atoms with Gasteiger partial charge in [-0.05, 0) is 25.4 Å². The Labute approximate surface area is 78.7 Å². The van der Waals surface area contributed by atoms with Crippen LogP contribution in [0.15, 0.2) is 0 Å². The first-order valence-electron chi connectivity index (χ1n) is 4.13. The Bertz CT molecular complexity index is 141. The average Bonchev–Trinajstić information content (AvgIpc) is 2.11. The largest absolute Gasteiger partial charge is 0.345 e. The number of nitrogens with zero attached hydrogens (tertiary/aromatic N) is 1. The predicted molar refractivity (Wildman–Crippen MR) is 54.3 cm³/mol. The van der Waals surface area contributed by atoms with E-state index in [-0.39, 0.29) is 11.9 Å². The summed E-state index contributed by atoms with van der Waals surface area (Å²) >= 11 is 1.72. The second kappa shape index (κ2) is 6.31. The molecule has 0 aromatic carbocycles. The van der Waals surface area contributed by atoms with E-state index in [1.807, 2.05) is 13.2 Å². The van der Waals surface area contributed by atoms with Crippen molar-refractivity contribution >= 4 is 17.7 Å². The van der Waals surface area contributed by atoms with Crippen molar-refractivity contribution in [2.24, 2.45) is 5.73 Å². The van der Waals surface area contributed by atoms with E-state index in [9.17, 15) is 4.79 Å². The lowest BCUT2D eigenvalue weighted by Gasteiger charge is -2.19. The van der Waals surface area contributed by atoms with Gasteiger partial charge >= 0.3 is 0 Å². The highest BCUT2D eigenvalue weighted by Gasteiger charge is 2.15. The van der Waals surface area contributed by atoms with Crippen LogP contribution in [0.1, 0.15) is 13.3 Å². The Morgan fingerprint density at radius 1 is 1.67 bits per heavy atom. The van der Waals surface area contributed by atoms with Crippen molar-refractivity contribution in [3.05, 3.63) is 0 Å². The first-order chi connectivity index (χ1) is 5.63. The molecule has 1 unspecified atom stereocenters. The number of amides is 1. The summed E-state index contributed by atoms with van der Waals surface area (Å²) < 4.78 is 0. The summed E-state index contributed by atoms with van der Waals surface area (Å²) in [4.78, 5) is 13.0. The molecule has 2 N–H and O–H groups in total. The molecular weight excluding hydrogens is 172 g/mol. The summed E-state index contributed by atoms with van der Waals surface area (Å²) in [5.74, 6) is 0.997. The van der Waals surface area contributed by atoms with E-state index in [0.717, 1.165) is 18.7 Å². The number of thioether (sulfide) groups is 1. The van der Waals surface area contributed by atoms with Gasteiger partial charge in [-0.3, -0.25) is 4.79 Å². The zero-order valence-electron chi connectivity index (χ0n) is 8.04. The second-order valence-electron chi connectivity index (χ2n) is 2.74. The van der Waals surface area contributed by atoms with Crippen LogP contribution in [0, 0.1) is 0 Å². The van der Waals surface area contributed by atoms with Gasteiger partial charge < -0.3 is 10.6 Å². The van der Waals surface area contributed by atoms with Gasteiger partial charge in [0.05, 0.1) is 6.04 Å². The summed E-state index contributed by atoms with van der Waals surface area (Å²) in [6.45, 7) is 2.67. The third kappa shape index (κ3) is 3.97. The molecule has 0 spiro atoms. The Morgan fingerprint density at radius 2 is 2.25 bits per heavy atom. The molecule has 3 nitrogen and oxygen atoms in total. The first-order valence-corrected chi connectivity index (χ1v) is 5.52. The fraction of sp³-hybridized carbons (Fsp3) is 0.875. The van der Waals surface area contributed by atoms with E-state index in [2.05, 4.69) is 0 Å². The summed E-state index contributed by atoms with van der Waals surface area (Å²) in [6, 6.07) is -0.317. The SMILES string of the molecule is CCN(C)C(=O)C(N)CCSC. The van der Waals surface area contributed by atoms with Gasteiger partial charge in [0, 0.05) is 13.6 Å². The molecule has 0 aliphatic heterocycles. The van der Waals surface area contributed by atoms with Crippen LogP contribution in [0.4, 0.5) is 0 Å². The van der Waals surface area contributed by atoms with Gasteiger partial charge in [0.25, 0.3) is 0 Å². The zero-order chi connectivity index (χ0) is 9.56. The summed E-state index contributed by atoms with van der Waals surface area (Å²) in [5.41, 5.74) is 5.68. The molecule has 0 fully saturated rings. The van der Waals surface area contributed by atoms with Crippen molar-refractivity contribution in [2.75, 3.05) is 25.6 Å². The lowest BCUT2D eigenvalue weighted by atomic mass is 10.2. The second-order valence-corrected chi connectivity index (χ2v) is 3.73. The molecular formula is C8H18N2OS. The predicted octanol–water partition coefficient (Wildman–Crippen LogP) is 0.545. The Balaban J connectivity index is 3.75. The molecule has 0 saturated heterocycles. The van der Waals surface area contributed by atoms with Crippen molar-refractivity contribution < 1.29 is 4.79 Å². The van der Waals surface area contributed by atoms with E-state index < -0.39 is 0 Å². The molecule has 0 aromatic rings. The van der Waals surface area contributed by atoms with E-state index >= 15 is 0 Å². The van der Waals surface area contributed by atoms with Crippen LogP contribution in [0.5, 0.6) is 0 Å². The maximum atomic E-state index is 11.4. The van der Waals surface area contributed by atoms with Crippen LogP contribution in [0.25, 0.3) is 0 Å². The fourth-order valence-corrected chi connectivity index (χ4v) is 1.30. The van der Waals surface area contributed by atoms with Crippen LogP contribution < -0.4 is 5.73 Å². The van der Waals surface area contributed by atoms with Gasteiger partial charge in [-0.25, -0.2) is 0 Å². The molecule has 72 valence electrons. The minimum atomic E-state index is -0.317. The number of carbonyl (C=O) groups excluding carboxylic acids is 1. The summed E-state index contributed by atoms with van der Waals surface area (Å²) in [5, 5.41) is 0. The molecule has 0 aliphatic rings. The van der Waals surface area contributed by atoms with E-state index in [1.165, 1.54) is 0 Å². The highest BCUT2D eigenvalue weighted by molar-refractivity contribution is 7.98. The van der Waals surface area contributed by atoms with Gasteiger partial charge in [-0.1, -0.05) is 0 Å². The lowest BCUT2D eigenvalue weighted by molar-refractivity contribution is -0.131. The molecule has 0 aliphatic carbocycles. The van der Waals surface area contributed by atoms with Gasteiger partial charge in [-0.15, -0.1) is 0 Å². The topological polar surface area (TPSA) is 46.3 Å². The maximum Gasteiger partial charge on any atom is 0.239 e. The van der Waals surface area contributed by atoms with Crippen LogP contribution in [0.2, 0.25) is 0 Å². The lowest BCUT2D eigenvalue weighted by Crippen LogP contribution is -2.41. The number of likely N-dealkylation sites (N-methyl/N-ethyl adjacent to an activating group) is 1. The summed E-state index contributed by atoms with van der Waals surface area (Å²) in [7, 11) is 1.78. The molecule has 0 saturated carbocycles. The van der Waals surface area contributed by atoms with E-state index in [0.29, 0.717) is 0 Å². The van der Waals surface area contributed by atoms with Gasteiger partial charge in [0.1, 0.15) is 0 Å². The molecule has 0 radical (unpaired) electrons. The van der Waals surface area contributed by atoms with Crippen molar-refractivity contribution in [3.63, 3.8) is 0 Å². The number of nitrogens with two attached hydrogens (primary N) is 1. The zero-order valence-corrected chi connectivity index (χ0v) is 8.86. The number of carbonyl (C=O) groups is 1. The molecule has 12 heavy (non-hydrogen) atoms. The van der Waals surface area contributed by atoms with Crippen LogP contribution in [0.3, 0.4) is 0 Å². The molecule has 0 aromatic heterocycles. The first kappa shape index (κ1) is 11.8. The molecule has 1 atom stereocenters. The minimum Gasteiger partial charge on any atom is -0.345 e. The maximum absolute atomic E-state index is 11.4. The van der Waals surface area contributed by atoms with E-state index in [1.54, 1.807) is 23.7 Å². The molecule has 0 bridgehead atoms. The van der Waals surface area contributed by atoms with Crippen molar-refractivity contribution in [3.8, 4) is 0 Å². The molecule has 0 rings (SSSR count). The molecule has 4 heteroatoms. The van der Waals surface area contributed by atoms with Crippen LogP contribution >= 0.6 is 11.8 Å². The third-order valence-electron chi connectivity index (χ3n) is 1.80. The average molecular weight is 190 g/mol. The Hall–Kier alpha value is -0.220. The summed E-state index contributed by atoms with van der Waals surface area (Å²) in [6.07, 6.45) is 2.78. The monoisotopic (exact) mass is 190 g/mol. The quantitative estimate of drug-likeness (QED) is 0.688. The molecule has 0 heterocycles. The van der Waals surface area contributed by atoms with Crippen molar-refractivity contribution in [1.82, 2.24) is 4.90 Å². The number of rotatable bonds is 5. The standard InChI is InChI=1S/C8H18N2OS/c1-4-10(2)8(11)7(9)5-6-12-3/h7H,4-6,9H2,1-3H3. The fourth-order valence-electron chi connectivity index (χ4n) is 0.807. The van der Waals surface area contributed by atoms with E-state index in [4.69, 9.17) is 5.73 Å². The van der Waals surface area contributed by atoms with Gasteiger partial charge in [-0.2, -0.15) is 11.8 Å². The number of hydrogen-bond acceptors (Lipinski definition) is 3. The van der Waals surface area contributed by atoms with Crippen molar-refractivity contribution in [1.29, 1.82) is 0 Å². The van der Waals surface area contributed by atoms with Gasteiger partial charge in [0.2, 0.25) is 5.91 Å².